The second-order valence-corrected chi connectivity index (χ2v) is 7.33. The van der Waals surface area contributed by atoms with Crippen LogP contribution in [0.1, 0.15) is 36.3 Å². The van der Waals surface area contributed by atoms with Gasteiger partial charge in [0.15, 0.2) is 5.78 Å². The molecular formula is C23H18N2O3. The number of non-ortho nitro benzene ring substituents is 1. The van der Waals surface area contributed by atoms with Crippen molar-refractivity contribution in [3.05, 3.63) is 93.2 Å². The Morgan fingerprint density at radius 3 is 2.71 bits per heavy atom. The van der Waals surface area contributed by atoms with Gasteiger partial charge < -0.3 is 5.32 Å². The number of nitro benzene ring substituents is 1. The largest absolute Gasteiger partial charge is 0.358 e. The van der Waals surface area contributed by atoms with Crippen LogP contribution in [0.25, 0.3) is 10.8 Å². The molecule has 1 aliphatic heterocycles. The number of benzene rings is 3. The third kappa shape index (κ3) is 2.51. The Bertz CT molecular complexity index is 1180. The molecule has 0 fully saturated rings. The highest BCUT2D eigenvalue weighted by Crippen LogP contribution is 2.48. The summed E-state index contributed by atoms with van der Waals surface area (Å²) >= 11 is 0. The first-order chi connectivity index (χ1) is 13.6. The van der Waals surface area contributed by atoms with Crippen LogP contribution in [0.4, 0.5) is 11.4 Å². The van der Waals surface area contributed by atoms with E-state index in [1.165, 1.54) is 6.07 Å². The van der Waals surface area contributed by atoms with Crippen LogP contribution >= 0.6 is 0 Å². The molecule has 5 nitrogen and oxygen atoms in total. The topological polar surface area (TPSA) is 72.2 Å². The van der Waals surface area contributed by atoms with E-state index in [-0.39, 0.29) is 22.3 Å². The highest BCUT2D eigenvalue weighted by molar-refractivity contribution is 6.04. The number of hydrogen-bond donors (Lipinski definition) is 1. The molecule has 0 radical (unpaired) electrons. The minimum absolute atomic E-state index is 0.0447. The number of Topliss-reactive ketones (excluding diaryl/α,β-unsaturated/α-hetero) is 1. The Kier molecular flexibility index (Phi) is 3.76. The molecular weight excluding hydrogens is 352 g/mol. The molecule has 0 unspecified atom stereocenters. The number of nitro groups is 1. The summed E-state index contributed by atoms with van der Waals surface area (Å²) in [6.07, 6.45) is 2.17. The number of fused-ring (bicyclic) bond motifs is 3. The van der Waals surface area contributed by atoms with Crippen molar-refractivity contribution < 1.29 is 9.72 Å². The van der Waals surface area contributed by atoms with Crippen LogP contribution in [0.3, 0.4) is 0 Å². The van der Waals surface area contributed by atoms with Gasteiger partial charge in [-0.2, -0.15) is 0 Å². The number of nitrogens with zero attached hydrogens (tertiary/aromatic N) is 1. The molecule has 138 valence electrons. The molecule has 0 bridgehead atoms. The molecule has 0 spiro atoms. The summed E-state index contributed by atoms with van der Waals surface area (Å²) < 4.78 is 0. The molecule has 0 saturated heterocycles. The summed E-state index contributed by atoms with van der Waals surface area (Å²) in [5.74, 6) is -0.172. The highest BCUT2D eigenvalue weighted by atomic mass is 16.6. The van der Waals surface area contributed by atoms with Crippen molar-refractivity contribution in [2.24, 2.45) is 0 Å². The lowest BCUT2D eigenvalue weighted by molar-refractivity contribution is -0.384. The minimum Gasteiger partial charge on any atom is -0.358 e. The molecule has 28 heavy (non-hydrogen) atoms. The minimum atomic E-state index is -0.382. The first-order valence-corrected chi connectivity index (χ1v) is 9.43. The molecule has 3 aromatic carbocycles. The maximum atomic E-state index is 12.9. The van der Waals surface area contributed by atoms with Crippen LogP contribution in [0.2, 0.25) is 0 Å². The maximum Gasteiger partial charge on any atom is 0.269 e. The number of anilines is 1. The van der Waals surface area contributed by atoms with Crippen molar-refractivity contribution >= 4 is 27.9 Å². The predicted octanol–water partition coefficient (Wildman–Crippen LogP) is 5.31. The zero-order valence-electron chi connectivity index (χ0n) is 15.1. The van der Waals surface area contributed by atoms with Crippen molar-refractivity contribution in [1.29, 1.82) is 0 Å². The monoisotopic (exact) mass is 370 g/mol. The average molecular weight is 370 g/mol. The number of nitrogens with one attached hydrogen (secondary N) is 1. The van der Waals surface area contributed by atoms with E-state index >= 15 is 0 Å². The second kappa shape index (κ2) is 6.30. The molecule has 1 heterocycles. The molecule has 5 rings (SSSR count). The van der Waals surface area contributed by atoms with Gasteiger partial charge in [-0.25, -0.2) is 0 Å². The number of carbonyl (C=O) groups excluding carboxylic acids is 1. The van der Waals surface area contributed by atoms with Gasteiger partial charge >= 0.3 is 0 Å². The van der Waals surface area contributed by atoms with Crippen molar-refractivity contribution in [2.75, 3.05) is 5.32 Å². The van der Waals surface area contributed by atoms with Gasteiger partial charge in [0.1, 0.15) is 0 Å². The number of allylic oxidation sites excluding steroid dienone is 2. The lowest BCUT2D eigenvalue weighted by atomic mass is 9.74. The summed E-state index contributed by atoms with van der Waals surface area (Å²) in [6.45, 7) is 0. The summed E-state index contributed by atoms with van der Waals surface area (Å²) in [5, 5.41) is 17.0. The normalized spacial score (nSPS) is 18.4. The zero-order valence-corrected chi connectivity index (χ0v) is 15.1. The first-order valence-electron chi connectivity index (χ1n) is 9.43. The molecule has 1 N–H and O–H groups in total. The summed E-state index contributed by atoms with van der Waals surface area (Å²) in [6, 6.07) is 18.9. The van der Waals surface area contributed by atoms with Crippen LogP contribution in [-0.4, -0.2) is 10.7 Å². The van der Waals surface area contributed by atoms with Crippen molar-refractivity contribution in [3.63, 3.8) is 0 Å². The van der Waals surface area contributed by atoms with Gasteiger partial charge in [-0.05, 0) is 40.8 Å². The number of ketones is 1. The van der Waals surface area contributed by atoms with Crippen LogP contribution in [0, 0.1) is 10.1 Å². The smallest absolute Gasteiger partial charge is 0.269 e. The van der Waals surface area contributed by atoms with Crippen LogP contribution in [0.15, 0.2) is 71.9 Å². The van der Waals surface area contributed by atoms with Crippen molar-refractivity contribution in [1.82, 2.24) is 0 Å². The number of carbonyl (C=O) groups is 1. The van der Waals surface area contributed by atoms with Gasteiger partial charge in [-0.1, -0.05) is 42.5 Å². The quantitative estimate of drug-likeness (QED) is 0.490. The zero-order chi connectivity index (χ0) is 19.3. The second-order valence-electron chi connectivity index (χ2n) is 7.33. The lowest BCUT2D eigenvalue weighted by Crippen LogP contribution is -2.27. The van der Waals surface area contributed by atoms with Crippen LogP contribution in [-0.2, 0) is 4.79 Å². The Morgan fingerprint density at radius 2 is 1.86 bits per heavy atom. The molecule has 5 heteroatoms. The van der Waals surface area contributed by atoms with E-state index in [9.17, 15) is 14.9 Å². The van der Waals surface area contributed by atoms with Gasteiger partial charge in [-0.3, -0.25) is 14.9 Å². The fourth-order valence-electron chi connectivity index (χ4n) is 4.50. The maximum absolute atomic E-state index is 12.9. The van der Waals surface area contributed by atoms with Gasteiger partial charge in [-0.15, -0.1) is 0 Å². The van der Waals surface area contributed by atoms with E-state index in [4.69, 9.17) is 0 Å². The summed E-state index contributed by atoms with van der Waals surface area (Å²) in [7, 11) is 0. The molecule has 1 atom stereocenters. The third-order valence-electron chi connectivity index (χ3n) is 5.70. The van der Waals surface area contributed by atoms with Gasteiger partial charge in [0.25, 0.3) is 5.69 Å². The fourth-order valence-corrected chi connectivity index (χ4v) is 4.50. The van der Waals surface area contributed by atoms with E-state index < -0.39 is 0 Å². The molecule has 1 aliphatic carbocycles. The van der Waals surface area contributed by atoms with E-state index in [2.05, 4.69) is 17.4 Å². The Hall–Kier alpha value is -3.47. The molecule has 2 aliphatic rings. The number of hydrogen-bond acceptors (Lipinski definition) is 4. The average Bonchev–Trinajstić information content (AvgIpc) is 2.72. The fraction of sp³-hybridized carbons (Fsp3) is 0.174. The standard InChI is InChI=1S/C23H18N2O3/c26-20-10-4-9-18-23(20)21(15-6-3-7-16(13-15)25(27)28)22-17-8-2-1-5-14(17)11-12-19(22)24-18/h1-3,5-8,11-13,21,24H,4,9-10H2/t21-/m1/s1. The van der Waals surface area contributed by atoms with Gasteiger partial charge in [0.05, 0.1) is 4.92 Å². The molecule has 3 aromatic rings. The number of rotatable bonds is 2. The van der Waals surface area contributed by atoms with Crippen molar-refractivity contribution in [2.45, 2.75) is 25.2 Å². The molecule has 0 saturated carbocycles. The molecule has 0 amide bonds. The first kappa shape index (κ1) is 16.7. The Morgan fingerprint density at radius 1 is 1.00 bits per heavy atom. The summed E-state index contributed by atoms with van der Waals surface area (Å²) in [5.41, 5.74) is 4.54. The van der Waals surface area contributed by atoms with E-state index in [1.807, 2.05) is 30.3 Å². The molecule has 0 aromatic heterocycles. The Labute approximate surface area is 161 Å². The van der Waals surface area contributed by atoms with Crippen LogP contribution in [0.5, 0.6) is 0 Å². The van der Waals surface area contributed by atoms with Crippen molar-refractivity contribution in [3.8, 4) is 0 Å². The van der Waals surface area contributed by atoms with Gasteiger partial charge in [0, 0.05) is 41.4 Å². The highest BCUT2D eigenvalue weighted by Gasteiger charge is 2.36. The van der Waals surface area contributed by atoms with Gasteiger partial charge in [0.2, 0.25) is 0 Å². The van der Waals surface area contributed by atoms with E-state index in [0.717, 1.165) is 51.7 Å². The lowest BCUT2D eigenvalue weighted by Gasteiger charge is -2.35. The van der Waals surface area contributed by atoms with E-state index in [0.29, 0.717) is 6.42 Å². The van der Waals surface area contributed by atoms with Crippen LogP contribution < -0.4 is 5.32 Å². The SMILES string of the molecule is O=C1CCCC2=C1[C@H](c1cccc([N+](=O)[O-])c1)c1c(ccc3ccccc13)N2. The third-order valence-corrected chi connectivity index (χ3v) is 5.70. The Balaban J connectivity index is 1.83. The summed E-state index contributed by atoms with van der Waals surface area (Å²) in [4.78, 5) is 23.9. The van der Waals surface area contributed by atoms with E-state index in [1.54, 1.807) is 12.1 Å². The predicted molar refractivity (Wildman–Crippen MR) is 108 cm³/mol.